The topological polar surface area (TPSA) is 88.2 Å². The number of nitrogens with one attached hydrogen (secondary N) is 1. The van der Waals surface area contributed by atoms with Gasteiger partial charge in [-0.2, -0.15) is 17.0 Å². The van der Waals surface area contributed by atoms with Crippen LogP contribution < -0.4 is 5.32 Å². The molecule has 2 heterocycles. The van der Waals surface area contributed by atoms with Crippen molar-refractivity contribution in [3.63, 3.8) is 0 Å². The predicted molar refractivity (Wildman–Crippen MR) is 66.7 cm³/mol. The highest BCUT2D eigenvalue weighted by atomic mass is 32.2. The lowest BCUT2D eigenvalue weighted by molar-refractivity contribution is -0.157. The summed E-state index contributed by atoms with van der Waals surface area (Å²) in [5.74, 6) is -0.541. The number of piperazine rings is 1. The molecular formula is C10H19N3O5S. The molecule has 1 unspecified atom stereocenters. The Morgan fingerprint density at radius 1 is 1.26 bits per heavy atom. The Balaban J connectivity index is 2.05. The van der Waals surface area contributed by atoms with E-state index in [1.807, 2.05) is 0 Å². The fourth-order valence-electron chi connectivity index (χ4n) is 2.15. The molecule has 2 saturated heterocycles. The average Bonchev–Trinajstić information content (AvgIpc) is 2.47. The van der Waals surface area contributed by atoms with Crippen LogP contribution in [0.5, 0.6) is 0 Å². The number of carbonyl (C=O) groups is 1. The lowest BCUT2D eigenvalue weighted by Crippen LogP contribution is -2.56. The van der Waals surface area contributed by atoms with E-state index in [1.54, 1.807) is 0 Å². The van der Waals surface area contributed by atoms with Crippen molar-refractivity contribution in [1.82, 2.24) is 13.9 Å². The fourth-order valence-corrected chi connectivity index (χ4v) is 3.75. The molecular weight excluding hydrogens is 274 g/mol. The Labute approximate surface area is 112 Å². The summed E-state index contributed by atoms with van der Waals surface area (Å²) in [5.41, 5.74) is 0. The molecule has 0 amide bonds. The van der Waals surface area contributed by atoms with Crippen LogP contribution in [0.25, 0.3) is 0 Å². The molecule has 0 aromatic heterocycles. The van der Waals surface area contributed by atoms with E-state index in [2.05, 4.69) is 10.1 Å². The number of rotatable bonds is 3. The number of esters is 1. The second-order valence-electron chi connectivity index (χ2n) is 4.40. The van der Waals surface area contributed by atoms with Crippen LogP contribution in [-0.4, -0.2) is 82.1 Å². The summed E-state index contributed by atoms with van der Waals surface area (Å²) in [6, 6.07) is 0. The highest BCUT2D eigenvalue weighted by molar-refractivity contribution is 7.86. The number of hydrogen-bond acceptors (Lipinski definition) is 6. The summed E-state index contributed by atoms with van der Waals surface area (Å²) in [4.78, 5) is 11.4. The highest BCUT2D eigenvalue weighted by Gasteiger charge is 2.37. The maximum Gasteiger partial charge on any atom is 0.336 e. The van der Waals surface area contributed by atoms with E-state index in [0.717, 1.165) is 0 Å². The third kappa shape index (κ3) is 3.23. The molecule has 8 nitrogen and oxygen atoms in total. The van der Waals surface area contributed by atoms with Crippen LogP contribution in [0.3, 0.4) is 0 Å². The van der Waals surface area contributed by atoms with Crippen molar-refractivity contribution in [3.05, 3.63) is 0 Å². The summed E-state index contributed by atoms with van der Waals surface area (Å²) >= 11 is 0. The maximum atomic E-state index is 12.4. The first-order valence-corrected chi connectivity index (χ1v) is 7.61. The minimum atomic E-state index is -3.52. The number of hydrogen-bond donors (Lipinski definition) is 1. The normalized spacial score (nSPS) is 27.1. The van der Waals surface area contributed by atoms with Gasteiger partial charge in [-0.25, -0.2) is 4.79 Å². The van der Waals surface area contributed by atoms with E-state index < -0.39 is 22.3 Å². The van der Waals surface area contributed by atoms with Crippen LogP contribution in [0.15, 0.2) is 0 Å². The van der Waals surface area contributed by atoms with Crippen LogP contribution in [0.2, 0.25) is 0 Å². The Morgan fingerprint density at radius 3 is 2.58 bits per heavy atom. The second kappa shape index (κ2) is 6.14. The molecule has 0 bridgehead atoms. The molecule has 19 heavy (non-hydrogen) atoms. The summed E-state index contributed by atoms with van der Waals surface area (Å²) in [5, 5.41) is 3.10. The van der Waals surface area contributed by atoms with Gasteiger partial charge in [-0.1, -0.05) is 0 Å². The lowest BCUT2D eigenvalue weighted by Gasteiger charge is -2.36. The van der Waals surface area contributed by atoms with Crippen LogP contribution in [-0.2, 0) is 24.5 Å². The molecule has 0 saturated carbocycles. The third-order valence-electron chi connectivity index (χ3n) is 3.22. The number of methoxy groups -OCH3 is 1. The Bertz CT molecular complexity index is 421. The molecule has 1 atom stereocenters. The number of ether oxygens (including phenoxy) is 2. The van der Waals surface area contributed by atoms with E-state index in [4.69, 9.17) is 4.74 Å². The SMILES string of the molecule is COC(=O)C1CN(S(=O)(=O)N2CCNCC2)CCO1. The molecule has 0 aromatic carbocycles. The smallest absolute Gasteiger partial charge is 0.336 e. The summed E-state index contributed by atoms with van der Waals surface area (Å²) in [7, 11) is -2.26. The molecule has 9 heteroatoms. The van der Waals surface area contributed by atoms with Crippen molar-refractivity contribution in [3.8, 4) is 0 Å². The van der Waals surface area contributed by atoms with Crippen LogP contribution in [0.1, 0.15) is 0 Å². The lowest BCUT2D eigenvalue weighted by atomic mass is 10.3. The van der Waals surface area contributed by atoms with Gasteiger partial charge in [0.1, 0.15) is 0 Å². The predicted octanol–water partition coefficient (Wildman–Crippen LogP) is -1.99. The van der Waals surface area contributed by atoms with Crippen molar-refractivity contribution >= 4 is 16.2 Å². The van der Waals surface area contributed by atoms with E-state index in [9.17, 15) is 13.2 Å². The monoisotopic (exact) mass is 293 g/mol. The quantitative estimate of drug-likeness (QED) is 0.606. The van der Waals surface area contributed by atoms with Crippen molar-refractivity contribution < 1.29 is 22.7 Å². The largest absolute Gasteiger partial charge is 0.467 e. The van der Waals surface area contributed by atoms with Crippen LogP contribution >= 0.6 is 0 Å². The van der Waals surface area contributed by atoms with Gasteiger partial charge in [-0.3, -0.25) is 0 Å². The number of nitrogens with zero attached hydrogens (tertiary/aromatic N) is 2. The summed E-state index contributed by atoms with van der Waals surface area (Å²) < 4.78 is 37.4. The summed E-state index contributed by atoms with van der Waals surface area (Å²) in [6.45, 7) is 2.66. The Hall–Kier alpha value is -0.740. The average molecular weight is 293 g/mol. The standard InChI is InChI=1S/C10H19N3O5S/c1-17-10(14)9-8-13(6-7-18-9)19(15,16)12-4-2-11-3-5-12/h9,11H,2-8H2,1H3. The first-order valence-electron chi connectivity index (χ1n) is 6.21. The van der Waals surface area contributed by atoms with Crippen molar-refractivity contribution in [2.45, 2.75) is 6.10 Å². The zero-order chi connectivity index (χ0) is 13.9. The number of carbonyl (C=O) groups excluding carboxylic acids is 1. The third-order valence-corrected chi connectivity index (χ3v) is 5.22. The molecule has 2 aliphatic heterocycles. The molecule has 0 aliphatic carbocycles. The number of morpholine rings is 1. The van der Waals surface area contributed by atoms with Gasteiger partial charge in [0.25, 0.3) is 10.2 Å². The molecule has 110 valence electrons. The molecule has 2 rings (SSSR count). The van der Waals surface area contributed by atoms with E-state index in [1.165, 1.54) is 15.7 Å². The van der Waals surface area contributed by atoms with Gasteiger partial charge in [-0.15, -0.1) is 0 Å². The molecule has 1 N–H and O–H groups in total. The minimum Gasteiger partial charge on any atom is -0.467 e. The molecule has 2 fully saturated rings. The van der Waals surface area contributed by atoms with Gasteiger partial charge < -0.3 is 14.8 Å². The van der Waals surface area contributed by atoms with Gasteiger partial charge in [-0.05, 0) is 0 Å². The van der Waals surface area contributed by atoms with Gasteiger partial charge in [0.15, 0.2) is 6.10 Å². The first kappa shape index (κ1) is 14.7. The molecule has 0 radical (unpaired) electrons. The van der Waals surface area contributed by atoms with Crippen molar-refractivity contribution in [2.24, 2.45) is 0 Å². The van der Waals surface area contributed by atoms with E-state index >= 15 is 0 Å². The first-order chi connectivity index (χ1) is 9.05. The minimum absolute atomic E-state index is 0.0128. The van der Waals surface area contributed by atoms with Gasteiger partial charge >= 0.3 is 5.97 Å². The maximum absolute atomic E-state index is 12.4. The van der Waals surface area contributed by atoms with E-state index in [0.29, 0.717) is 26.2 Å². The molecule has 0 aromatic rings. The van der Waals surface area contributed by atoms with Crippen LogP contribution in [0.4, 0.5) is 0 Å². The molecule has 0 spiro atoms. The second-order valence-corrected chi connectivity index (χ2v) is 6.33. The van der Waals surface area contributed by atoms with Crippen LogP contribution in [0, 0.1) is 0 Å². The highest BCUT2D eigenvalue weighted by Crippen LogP contribution is 2.15. The van der Waals surface area contributed by atoms with Crippen molar-refractivity contribution in [1.29, 1.82) is 0 Å². The van der Waals surface area contributed by atoms with Gasteiger partial charge in [0.05, 0.1) is 20.3 Å². The fraction of sp³-hybridized carbons (Fsp3) is 0.900. The Kier molecular flexibility index (Phi) is 4.74. The van der Waals surface area contributed by atoms with Gasteiger partial charge in [0.2, 0.25) is 0 Å². The summed E-state index contributed by atoms with van der Waals surface area (Å²) in [6.07, 6.45) is -0.837. The van der Waals surface area contributed by atoms with Gasteiger partial charge in [0, 0.05) is 32.7 Å². The van der Waals surface area contributed by atoms with E-state index in [-0.39, 0.29) is 19.7 Å². The molecule has 2 aliphatic rings. The zero-order valence-corrected chi connectivity index (χ0v) is 11.7. The zero-order valence-electron chi connectivity index (χ0n) is 10.9. The van der Waals surface area contributed by atoms with Crippen molar-refractivity contribution in [2.75, 3.05) is 53.0 Å². The Morgan fingerprint density at radius 2 is 1.95 bits per heavy atom.